The average Bonchev–Trinajstić information content (AvgIpc) is 2.60. The minimum absolute atomic E-state index is 0.248. The third-order valence-corrected chi connectivity index (χ3v) is 6.17. The molecule has 1 fully saturated rings. The summed E-state index contributed by atoms with van der Waals surface area (Å²) in [7, 11) is -0.133. The van der Waals surface area contributed by atoms with Gasteiger partial charge in [-0.25, -0.2) is 8.42 Å². The standard InChI is InChI=1S/C18H28ClN3O4S/c1-21-10-7-14(8-11-21)6-9-20-18(23)13-22(27(3,24)25)16-12-15(19)4-5-17(16)26-2/h4-5,12,14H,6-11,13H2,1-3H3,(H,20,23). The highest BCUT2D eigenvalue weighted by atomic mass is 35.5. The SMILES string of the molecule is COc1ccc(Cl)cc1N(CC(=O)NCCC1CCN(C)CC1)S(C)(=O)=O. The van der Waals surface area contributed by atoms with Crippen LogP contribution >= 0.6 is 11.6 Å². The number of nitrogens with one attached hydrogen (secondary N) is 1. The number of ether oxygens (including phenoxy) is 1. The Kier molecular flexibility index (Phi) is 7.76. The molecule has 2 rings (SSSR count). The maximum atomic E-state index is 12.4. The molecule has 0 aromatic heterocycles. The number of nitrogens with zero attached hydrogens (tertiary/aromatic N) is 2. The fraction of sp³-hybridized carbons (Fsp3) is 0.611. The summed E-state index contributed by atoms with van der Waals surface area (Å²) < 4.78 is 30.7. The fourth-order valence-electron chi connectivity index (χ4n) is 3.19. The van der Waals surface area contributed by atoms with E-state index >= 15 is 0 Å². The number of likely N-dealkylation sites (tertiary alicyclic amines) is 1. The Labute approximate surface area is 166 Å². The van der Waals surface area contributed by atoms with E-state index in [2.05, 4.69) is 17.3 Å². The van der Waals surface area contributed by atoms with Crippen LogP contribution in [0.2, 0.25) is 5.02 Å². The van der Waals surface area contributed by atoms with Crippen LogP contribution in [0.3, 0.4) is 0 Å². The molecular weight excluding hydrogens is 390 g/mol. The van der Waals surface area contributed by atoms with Crippen LogP contribution in [0.15, 0.2) is 18.2 Å². The highest BCUT2D eigenvalue weighted by molar-refractivity contribution is 7.92. The average molecular weight is 418 g/mol. The molecule has 27 heavy (non-hydrogen) atoms. The van der Waals surface area contributed by atoms with E-state index < -0.39 is 10.0 Å². The van der Waals surface area contributed by atoms with Crippen LogP contribution in [-0.4, -0.2) is 65.8 Å². The second-order valence-corrected chi connectivity index (χ2v) is 9.31. The van der Waals surface area contributed by atoms with Gasteiger partial charge < -0.3 is 15.0 Å². The van der Waals surface area contributed by atoms with E-state index in [4.69, 9.17) is 16.3 Å². The summed E-state index contributed by atoms with van der Waals surface area (Å²) in [6, 6.07) is 4.66. The molecule has 1 aromatic carbocycles. The smallest absolute Gasteiger partial charge is 0.240 e. The van der Waals surface area contributed by atoms with Crippen LogP contribution in [0.5, 0.6) is 5.75 Å². The van der Waals surface area contributed by atoms with Crippen molar-refractivity contribution < 1.29 is 17.9 Å². The van der Waals surface area contributed by atoms with Crippen LogP contribution in [0.1, 0.15) is 19.3 Å². The van der Waals surface area contributed by atoms with Gasteiger partial charge in [0, 0.05) is 11.6 Å². The van der Waals surface area contributed by atoms with E-state index in [-0.39, 0.29) is 18.1 Å². The predicted molar refractivity (Wildman–Crippen MR) is 108 cm³/mol. The van der Waals surface area contributed by atoms with Crippen LogP contribution < -0.4 is 14.4 Å². The second kappa shape index (κ2) is 9.61. The maximum Gasteiger partial charge on any atom is 0.240 e. The highest BCUT2D eigenvalue weighted by Crippen LogP contribution is 2.32. The van der Waals surface area contributed by atoms with Crippen molar-refractivity contribution in [1.82, 2.24) is 10.2 Å². The summed E-state index contributed by atoms with van der Waals surface area (Å²) >= 11 is 6.00. The predicted octanol–water partition coefficient (Wildman–Crippen LogP) is 1.96. The van der Waals surface area contributed by atoms with Crippen molar-refractivity contribution in [2.45, 2.75) is 19.3 Å². The molecule has 1 aromatic rings. The summed E-state index contributed by atoms with van der Waals surface area (Å²) in [5, 5.41) is 3.20. The number of benzene rings is 1. The largest absolute Gasteiger partial charge is 0.495 e. The lowest BCUT2D eigenvalue weighted by Crippen LogP contribution is -2.41. The molecular formula is C18H28ClN3O4S. The summed E-state index contributed by atoms with van der Waals surface area (Å²) in [4.78, 5) is 14.7. The van der Waals surface area contributed by atoms with Gasteiger partial charge in [0.25, 0.3) is 0 Å². The van der Waals surface area contributed by atoms with Crippen molar-refractivity contribution in [1.29, 1.82) is 0 Å². The topological polar surface area (TPSA) is 79.0 Å². The number of hydrogen-bond acceptors (Lipinski definition) is 5. The molecule has 0 atom stereocenters. The number of amides is 1. The van der Waals surface area contributed by atoms with Gasteiger partial charge in [0.05, 0.1) is 19.1 Å². The van der Waals surface area contributed by atoms with E-state index in [1.807, 2.05) is 0 Å². The molecule has 0 radical (unpaired) electrons. The molecule has 1 heterocycles. The minimum Gasteiger partial charge on any atom is -0.495 e. The van der Waals surface area contributed by atoms with Gasteiger partial charge >= 0.3 is 0 Å². The molecule has 1 N–H and O–H groups in total. The van der Waals surface area contributed by atoms with E-state index in [1.54, 1.807) is 12.1 Å². The summed E-state index contributed by atoms with van der Waals surface area (Å²) in [5.74, 6) is 0.583. The van der Waals surface area contributed by atoms with E-state index in [0.717, 1.165) is 42.9 Å². The van der Waals surface area contributed by atoms with Gasteiger partial charge in [0.1, 0.15) is 12.3 Å². The first kappa shape index (κ1) is 21.8. The number of methoxy groups -OCH3 is 1. The third kappa shape index (κ3) is 6.55. The summed E-state index contributed by atoms with van der Waals surface area (Å²) in [6.45, 7) is 2.38. The van der Waals surface area contributed by atoms with Crippen LogP contribution in [0.4, 0.5) is 5.69 Å². The lowest BCUT2D eigenvalue weighted by molar-refractivity contribution is -0.119. The lowest BCUT2D eigenvalue weighted by Gasteiger charge is -2.29. The van der Waals surface area contributed by atoms with E-state index in [9.17, 15) is 13.2 Å². The lowest BCUT2D eigenvalue weighted by atomic mass is 9.94. The number of anilines is 1. The van der Waals surface area contributed by atoms with Gasteiger partial charge in [-0.3, -0.25) is 9.10 Å². The number of carbonyl (C=O) groups is 1. The summed E-state index contributed by atoms with van der Waals surface area (Å²) in [6.07, 6.45) is 4.21. The van der Waals surface area contributed by atoms with Gasteiger partial charge in [-0.05, 0) is 63.5 Å². The highest BCUT2D eigenvalue weighted by Gasteiger charge is 2.24. The molecule has 1 amide bonds. The molecule has 1 aliphatic heterocycles. The normalized spacial score (nSPS) is 16.1. The van der Waals surface area contributed by atoms with Crippen molar-refractivity contribution in [3.8, 4) is 5.75 Å². The Morgan fingerprint density at radius 2 is 2.04 bits per heavy atom. The zero-order valence-electron chi connectivity index (χ0n) is 16.1. The first-order chi connectivity index (χ1) is 12.7. The van der Waals surface area contributed by atoms with Crippen LogP contribution in [-0.2, 0) is 14.8 Å². The quantitative estimate of drug-likeness (QED) is 0.699. The molecule has 0 unspecified atom stereocenters. The zero-order valence-corrected chi connectivity index (χ0v) is 17.6. The summed E-state index contributed by atoms with van der Waals surface area (Å²) in [5.41, 5.74) is 0.248. The number of sulfonamides is 1. The molecule has 152 valence electrons. The zero-order chi connectivity index (χ0) is 20.0. The number of halogens is 1. The minimum atomic E-state index is -3.69. The van der Waals surface area contributed by atoms with Gasteiger partial charge in [-0.1, -0.05) is 11.6 Å². The van der Waals surface area contributed by atoms with Crippen molar-refractivity contribution in [2.75, 3.05) is 50.9 Å². The van der Waals surface area contributed by atoms with Crippen molar-refractivity contribution in [3.63, 3.8) is 0 Å². The molecule has 1 saturated heterocycles. The molecule has 7 nitrogen and oxygen atoms in total. The number of piperidine rings is 1. The number of rotatable bonds is 8. The van der Waals surface area contributed by atoms with Crippen molar-refractivity contribution >= 4 is 33.2 Å². The van der Waals surface area contributed by atoms with E-state index in [1.165, 1.54) is 13.2 Å². The number of carbonyl (C=O) groups excluding carboxylic acids is 1. The number of hydrogen-bond donors (Lipinski definition) is 1. The van der Waals surface area contributed by atoms with E-state index in [0.29, 0.717) is 23.2 Å². The molecule has 0 aliphatic carbocycles. The molecule has 0 saturated carbocycles. The monoisotopic (exact) mass is 417 g/mol. The third-order valence-electron chi connectivity index (χ3n) is 4.81. The van der Waals surface area contributed by atoms with Crippen molar-refractivity contribution in [3.05, 3.63) is 23.2 Å². The fourth-order valence-corrected chi connectivity index (χ4v) is 4.21. The van der Waals surface area contributed by atoms with Gasteiger partial charge in [-0.2, -0.15) is 0 Å². The Bertz CT molecular complexity index is 749. The second-order valence-electron chi connectivity index (χ2n) is 6.97. The Balaban J connectivity index is 1.98. The van der Waals surface area contributed by atoms with Gasteiger partial charge in [0.2, 0.25) is 15.9 Å². The van der Waals surface area contributed by atoms with Gasteiger partial charge in [0.15, 0.2) is 0 Å². The first-order valence-corrected chi connectivity index (χ1v) is 11.2. The molecule has 1 aliphatic rings. The van der Waals surface area contributed by atoms with Gasteiger partial charge in [-0.15, -0.1) is 0 Å². The van der Waals surface area contributed by atoms with Crippen molar-refractivity contribution in [2.24, 2.45) is 5.92 Å². The van der Waals surface area contributed by atoms with Crippen LogP contribution in [0.25, 0.3) is 0 Å². The Hall–Kier alpha value is -1.51. The Morgan fingerprint density at radius 3 is 2.63 bits per heavy atom. The first-order valence-electron chi connectivity index (χ1n) is 8.97. The maximum absolute atomic E-state index is 12.4. The molecule has 0 spiro atoms. The van der Waals surface area contributed by atoms with Crippen LogP contribution in [0, 0.1) is 5.92 Å². The molecule has 0 bridgehead atoms. The molecule has 9 heteroatoms. The Morgan fingerprint density at radius 1 is 1.37 bits per heavy atom.